The van der Waals surface area contributed by atoms with E-state index in [1.807, 2.05) is 17.9 Å². The first-order valence-electron chi connectivity index (χ1n) is 5.07. The normalized spacial score (nSPS) is 13.7. The predicted octanol–water partition coefficient (Wildman–Crippen LogP) is 2.14. The highest BCUT2D eigenvalue weighted by molar-refractivity contribution is 7.16. The number of thiophene rings is 1. The van der Waals surface area contributed by atoms with Crippen molar-refractivity contribution in [3.05, 3.63) is 22.2 Å². The van der Waals surface area contributed by atoms with Gasteiger partial charge < -0.3 is 5.73 Å². The second-order valence-electron chi connectivity index (χ2n) is 4.02. The molecule has 0 saturated carbocycles. The summed E-state index contributed by atoms with van der Waals surface area (Å²) in [4.78, 5) is 1.36. The van der Waals surface area contributed by atoms with E-state index in [0.717, 1.165) is 17.8 Å². The van der Waals surface area contributed by atoms with E-state index in [9.17, 15) is 0 Å². The summed E-state index contributed by atoms with van der Waals surface area (Å²) in [5, 5.41) is 5.25. The molecule has 0 fully saturated rings. The van der Waals surface area contributed by atoms with Crippen LogP contribution in [0.1, 0.15) is 16.0 Å². The number of nitrogen functional groups attached to an aromatic ring is 1. The lowest BCUT2D eigenvalue weighted by atomic mass is 9.92. The molecule has 0 atom stereocenters. The molecular weight excluding hydrogens is 206 g/mol. The van der Waals surface area contributed by atoms with Crippen LogP contribution in [0.25, 0.3) is 11.3 Å². The number of hydrogen-bond donors (Lipinski definition) is 1. The van der Waals surface area contributed by atoms with Crippen LogP contribution < -0.4 is 5.73 Å². The van der Waals surface area contributed by atoms with Gasteiger partial charge in [0, 0.05) is 17.5 Å². The number of aryl methyl sites for hydroxylation is 3. The SMILES string of the molecule is Cc1sc(N)c2c1CCc1cnn(C)c1-2. The Balaban J connectivity index is 2.37. The summed E-state index contributed by atoms with van der Waals surface area (Å²) in [6.45, 7) is 2.15. The van der Waals surface area contributed by atoms with Crippen molar-refractivity contribution in [3.8, 4) is 11.3 Å². The number of aromatic nitrogens is 2. The van der Waals surface area contributed by atoms with Gasteiger partial charge in [-0.05, 0) is 30.9 Å². The molecule has 1 aliphatic carbocycles. The molecule has 2 N–H and O–H groups in total. The van der Waals surface area contributed by atoms with E-state index in [4.69, 9.17) is 5.73 Å². The maximum absolute atomic E-state index is 6.08. The lowest BCUT2D eigenvalue weighted by molar-refractivity contribution is 0.772. The minimum Gasteiger partial charge on any atom is -0.390 e. The number of nitrogens with zero attached hydrogens (tertiary/aromatic N) is 2. The second-order valence-corrected chi connectivity index (χ2v) is 5.27. The first-order chi connectivity index (χ1) is 7.18. The lowest BCUT2D eigenvalue weighted by Crippen LogP contribution is -2.05. The van der Waals surface area contributed by atoms with Crippen molar-refractivity contribution in [2.24, 2.45) is 7.05 Å². The van der Waals surface area contributed by atoms with Crippen LogP contribution in [0.3, 0.4) is 0 Å². The Kier molecular flexibility index (Phi) is 1.71. The van der Waals surface area contributed by atoms with Crippen LogP contribution in [-0.2, 0) is 19.9 Å². The van der Waals surface area contributed by atoms with Gasteiger partial charge in [-0.25, -0.2) is 0 Å². The zero-order chi connectivity index (χ0) is 10.6. The Morgan fingerprint density at radius 1 is 1.47 bits per heavy atom. The summed E-state index contributed by atoms with van der Waals surface area (Å²) in [5.74, 6) is 0. The van der Waals surface area contributed by atoms with Crippen molar-refractivity contribution in [2.45, 2.75) is 19.8 Å². The third-order valence-corrected chi connectivity index (χ3v) is 4.11. The third kappa shape index (κ3) is 1.08. The molecule has 0 aliphatic heterocycles. The summed E-state index contributed by atoms with van der Waals surface area (Å²) < 4.78 is 1.94. The molecule has 0 saturated heterocycles. The Hall–Kier alpha value is -1.29. The zero-order valence-electron chi connectivity index (χ0n) is 8.87. The predicted molar refractivity (Wildman–Crippen MR) is 63.1 cm³/mol. The van der Waals surface area contributed by atoms with Crippen molar-refractivity contribution < 1.29 is 0 Å². The van der Waals surface area contributed by atoms with Gasteiger partial charge in [0.15, 0.2) is 0 Å². The first kappa shape index (κ1) is 8.97. The molecule has 0 unspecified atom stereocenters. The number of hydrogen-bond acceptors (Lipinski definition) is 3. The van der Waals surface area contributed by atoms with Crippen molar-refractivity contribution in [2.75, 3.05) is 5.73 Å². The highest BCUT2D eigenvalue weighted by Crippen LogP contribution is 2.43. The molecule has 0 bridgehead atoms. The average molecular weight is 219 g/mol. The fraction of sp³-hybridized carbons (Fsp3) is 0.364. The smallest absolute Gasteiger partial charge is 0.0957 e. The van der Waals surface area contributed by atoms with E-state index in [-0.39, 0.29) is 0 Å². The highest BCUT2D eigenvalue weighted by Gasteiger charge is 2.25. The molecule has 2 aromatic heterocycles. The molecule has 78 valence electrons. The van der Waals surface area contributed by atoms with Crippen molar-refractivity contribution in [1.29, 1.82) is 0 Å². The van der Waals surface area contributed by atoms with Gasteiger partial charge in [-0.15, -0.1) is 11.3 Å². The third-order valence-electron chi connectivity index (χ3n) is 3.13. The second kappa shape index (κ2) is 2.85. The maximum Gasteiger partial charge on any atom is 0.0957 e. The Morgan fingerprint density at radius 3 is 3.07 bits per heavy atom. The summed E-state index contributed by atoms with van der Waals surface area (Å²) in [7, 11) is 1.99. The van der Waals surface area contributed by atoms with Gasteiger partial charge in [0.2, 0.25) is 0 Å². The van der Waals surface area contributed by atoms with Gasteiger partial charge in [0.05, 0.1) is 16.9 Å². The van der Waals surface area contributed by atoms with Gasteiger partial charge in [0.1, 0.15) is 0 Å². The molecule has 1 aliphatic rings. The number of nitrogens with two attached hydrogens (primary N) is 1. The van der Waals surface area contributed by atoms with Crippen LogP contribution in [0.2, 0.25) is 0 Å². The lowest BCUT2D eigenvalue weighted by Gasteiger charge is -2.14. The Bertz CT molecular complexity index is 536. The van der Waals surface area contributed by atoms with Gasteiger partial charge in [-0.2, -0.15) is 5.10 Å². The highest BCUT2D eigenvalue weighted by atomic mass is 32.1. The minimum atomic E-state index is 0.937. The summed E-state index contributed by atoms with van der Waals surface area (Å²) in [5.41, 5.74) is 11.3. The van der Waals surface area contributed by atoms with Gasteiger partial charge in [0.25, 0.3) is 0 Å². The standard InChI is InChI=1S/C11H13N3S/c1-6-8-4-3-7-5-13-14(2)10(7)9(8)11(12)15-6/h5H,3-4,12H2,1-2H3. The largest absolute Gasteiger partial charge is 0.390 e. The Morgan fingerprint density at radius 2 is 2.27 bits per heavy atom. The van der Waals surface area contributed by atoms with E-state index in [0.29, 0.717) is 0 Å². The minimum absolute atomic E-state index is 0.937. The number of fused-ring (bicyclic) bond motifs is 3. The van der Waals surface area contributed by atoms with Crippen LogP contribution in [-0.4, -0.2) is 9.78 Å². The first-order valence-corrected chi connectivity index (χ1v) is 5.89. The molecule has 0 radical (unpaired) electrons. The molecule has 3 rings (SSSR count). The van der Waals surface area contributed by atoms with Crippen molar-refractivity contribution in [3.63, 3.8) is 0 Å². The molecule has 2 aromatic rings. The monoisotopic (exact) mass is 219 g/mol. The van der Waals surface area contributed by atoms with E-state index in [1.165, 1.54) is 27.3 Å². The molecule has 2 heterocycles. The van der Waals surface area contributed by atoms with Crippen LogP contribution >= 0.6 is 11.3 Å². The van der Waals surface area contributed by atoms with E-state index in [2.05, 4.69) is 12.0 Å². The topological polar surface area (TPSA) is 43.8 Å². The molecule has 0 spiro atoms. The average Bonchev–Trinajstić information content (AvgIpc) is 2.70. The zero-order valence-corrected chi connectivity index (χ0v) is 9.69. The Labute approximate surface area is 92.5 Å². The molecule has 0 amide bonds. The van der Waals surface area contributed by atoms with Crippen LogP contribution in [0.4, 0.5) is 5.00 Å². The van der Waals surface area contributed by atoms with Gasteiger partial charge in [-0.1, -0.05) is 0 Å². The van der Waals surface area contributed by atoms with Crippen LogP contribution in [0.5, 0.6) is 0 Å². The van der Waals surface area contributed by atoms with E-state index < -0.39 is 0 Å². The quantitative estimate of drug-likeness (QED) is 0.737. The molecule has 4 heteroatoms. The fourth-order valence-corrected chi connectivity index (χ4v) is 3.39. The molecule has 0 aromatic carbocycles. The number of rotatable bonds is 0. The fourth-order valence-electron chi connectivity index (χ4n) is 2.41. The number of anilines is 1. The van der Waals surface area contributed by atoms with Gasteiger partial charge >= 0.3 is 0 Å². The van der Waals surface area contributed by atoms with E-state index in [1.54, 1.807) is 11.3 Å². The molecular formula is C11H13N3S. The molecule has 3 nitrogen and oxygen atoms in total. The summed E-state index contributed by atoms with van der Waals surface area (Å²) in [6.07, 6.45) is 4.16. The van der Waals surface area contributed by atoms with Crippen LogP contribution in [0.15, 0.2) is 6.20 Å². The van der Waals surface area contributed by atoms with Crippen molar-refractivity contribution in [1.82, 2.24) is 9.78 Å². The van der Waals surface area contributed by atoms with Gasteiger partial charge in [-0.3, -0.25) is 4.68 Å². The summed E-state index contributed by atoms with van der Waals surface area (Å²) in [6, 6.07) is 0. The van der Waals surface area contributed by atoms with Crippen molar-refractivity contribution >= 4 is 16.3 Å². The maximum atomic E-state index is 6.08. The molecule has 15 heavy (non-hydrogen) atoms. The van der Waals surface area contributed by atoms with Crippen LogP contribution in [0, 0.1) is 6.92 Å². The van der Waals surface area contributed by atoms with E-state index >= 15 is 0 Å². The summed E-state index contributed by atoms with van der Waals surface area (Å²) >= 11 is 1.70.